The number of hydrogen-bond donors (Lipinski definition) is 1. The van der Waals surface area contributed by atoms with Gasteiger partial charge in [0.25, 0.3) is 0 Å². The van der Waals surface area contributed by atoms with E-state index in [1.165, 1.54) is 0 Å². The standard InChI is InChI=1S/C20H25NO4/c1-13-10-11-17(18(12-13)23-4)19(15(3)24-20(22)14(2)21)25-16-8-6-5-7-9-16/h5-12,14-15,19H,21H2,1-4H3/t14-,15-,19-/m0/s1. The number of aryl methyl sites for hydroxylation is 1. The van der Waals surface area contributed by atoms with Crippen LogP contribution in [0.5, 0.6) is 11.5 Å². The van der Waals surface area contributed by atoms with E-state index in [1.54, 1.807) is 21.0 Å². The average molecular weight is 343 g/mol. The minimum absolute atomic E-state index is 0.472. The van der Waals surface area contributed by atoms with Crippen molar-refractivity contribution >= 4 is 5.97 Å². The first kappa shape index (κ1) is 18.8. The molecule has 5 nitrogen and oxygen atoms in total. The second-order valence-electron chi connectivity index (χ2n) is 6.03. The normalized spacial score (nSPS) is 14.3. The third kappa shape index (κ3) is 4.97. The summed E-state index contributed by atoms with van der Waals surface area (Å²) in [7, 11) is 1.61. The van der Waals surface area contributed by atoms with Gasteiger partial charge in [0.2, 0.25) is 0 Å². The molecule has 0 aliphatic heterocycles. The van der Waals surface area contributed by atoms with Crippen molar-refractivity contribution in [2.45, 2.75) is 39.0 Å². The lowest BCUT2D eigenvalue weighted by molar-refractivity contribution is -0.154. The van der Waals surface area contributed by atoms with Crippen molar-refractivity contribution < 1.29 is 19.0 Å². The molecule has 2 aromatic rings. The van der Waals surface area contributed by atoms with Crippen molar-refractivity contribution in [3.05, 3.63) is 59.7 Å². The molecule has 0 fully saturated rings. The van der Waals surface area contributed by atoms with E-state index in [9.17, 15) is 4.79 Å². The minimum Gasteiger partial charge on any atom is -0.496 e. The summed E-state index contributed by atoms with van der Waals surface area (Å²) in [5.41, 5.74) is 7.49. The highest BCUT2D eigenvalue weighted by Gasteiger charge is 2.28. The van der Waals surface area contributed by atoms with Crippen molar-refractivity contribution in [3.8, 4) is 11.5 Å². The van der Waals surface area contributed by atoms with Gasteiger partial charge in [-0.05, 0) is 44.5 Å². The second kappa shape index (κ2) is 8.53. The fraction of sp³-hybridized carbons (Fsp3) is 0.350. The summed E-state index contributed by atoms with van der Waals surface area (Å²) >= 11 is 0. The summed E-state index contributed by atoms with van der Waals surface area (Å²) in [6, 6.07) is 14.5. The Bertz CT molecular complexity index is 700. The van der Waals surface area contributed by atoms with Crippen molar-refractivity contribution in [2.24, 2.45) is 5.73 Å². The number of rotatable bonds is 7. The van der Waals surface area contributed by atoms with E-state index in [4.69, 9.17) is 19.9 Å². The first-order valence-corrected chi connectivity index (χ1v) is 8.24. The highest BCUT2D eigenvalue weighted by Crippen LogP contribution is 2.33. The zero-order chi connectivity index (χ0) is 18.4. The Hall–Kier alpha value is -2.53. The van der Waals surface area contributed by atoms with Gasteiger partial charge in [-0.15, -0.1) is 0 Å². The zero-order valence-corrected chi connectivity index (χ0v) is 15.1. The van der Waals surface area contributed by atoms with Crippen molar-refractivity contribution in [3.63, 3.8) is 0 Å². The maximum Gasteiger partial charge on any atom is 0.323 e. The predicted octanol–water partition coefficient (Wildman–Crippen LogP) is 3.40. The van der Waals surface area contributed by atoms with Gasteiger partial charge in [0.05, 0.1) is 7.11 Å². The smallest absolute Gasteiger partial charge is 0.323 e. The number of carbonyl (C=O) groups excluding carboxylic acids is 1. The molecule has 0 spiro atoms. The Morgan fingerprint density at radius 1 is 1.08 bits per heavy atom. The van der Waals surface area contributed by atoms with Crippen LogP contribution in [-0.4, -0.2) is 25.2 Å². The Morgan fingerprint density at radius 2 is 1.76 bits per heavy atom. The summed E-state index contributed by atoms with van der Waals surface area (Å²) in [6.45, 7) is 5.36. The van der Waals surface area contributed by atoms with Gasteiger partial charge in [0, 0.05) is 5.56 Å². The van der Waals surface area contributed by atoms with E-state index in [-0.39, 0.29) is 0 Å². The van der Waals surface area contributed by atoms with Gasteiger partial charge < -0.3 is 19.9 Å². The Balaban J connectivity index is 2.36. The molecule has 0 amide bonds. The van der Waals surface area contributed by atoms with Crippen LogP contribution in [0.1, 0.15) is 31.1 Å². The molecule has 0 saturated heterocycles. The van der Waals surface area contributed by atoms with Crippen LogP contribution in [0.2, 0.25) is 0 Å². The van der Waals surface area contributed by atoms with Gasteiger partial charge in [-0.2, -0.15) is 0 Å². The third-order valence-electron chi connectivity index (χ3n) is 3.80. The number of para-hydroxylation sites is 1. The monoisotopic (exact) mass is 343 g/mol. The molecular weight excluding hydrogens is 318 g/mol. The second-order valence-corrected chi connectivity index (χ2v) is 6.03. The molecule has 2 aromatic carbocycles. The largest absolute Gasteiger partial charge is 0.496 e. The van der Waals surface area contributed by atoms with E-state index in [0.29, 0.717) is 11.5 Å². The SMILES string of the molecule is COc1cc(C)ccc1[C@@H](Oc1ccccc1)[C@H](C)OC(=O)[C@H](C)N. The van der Waals surface area contributed by atoms with E-state index < -0.39 is 24.2 Å². The third-order valence-corrected chi connectivity index (χ3v) is 3.80. The van der Waals surface area contributed by atoms with Crippen LogP contribution in [0, 0.1) is 6.92 Å². The Labute approximate surface area is 148 Å². The van der Waals surface area contributed by atoms with Gasteiger partial charge in [0.15, 0.2) is 6.10 Å². The molecule has 5 heteroatoms. The van der Waals surface area contributed by atoms with Crippen molar-refractivity contribution in [1.82, 2.24) is 0 Å². The first-order valence-electron chi connectivity index (χ1n) is 8.24. The number of hydrogen-bond acceptors (Lipinski definition) is 5. The molecule has 2 rings (SSSR count). The lowest BCUT2D eigenvalue weighted by Crippen LogP contribution is -2.35. The number of nitrogens with two attached hydrogens (primary N) is 1. The number of carbonyl (C=O) groups is 1. The van der Waals surface area contributed by atoms with Gasteiger partial charge in [-0.3, -0.25) is 4.79 Å². The van der Waals surface area contributed by atoms with Gasteiger partial charge in [0.1, 0.15) is 23.6 Å². The molecule has 0 saturated carbocycles. The van der Waals surface area contributed by atoms with Crippen LogP contribution in [-0.2, 0) is 9.53 Å². The molecule has 134 valence electrons. The molecule has 0 aromatic heterocycles. The first-order chi connectivity index (χ1) is 11.9. The molecule has 25 heavy (non-hydrogen) atoms. The van der Waals surface area contributed by atoms with Crippen molar-refractivity contribution in [1.29, 1.82) is 0 Å². The highest BCUT2D eigenvalue weighted by molar-refractivity contribution is 5.75. The van der Waals surface area contributed by atoms with Crippen LogP contribution in [0.4, 0.5) is 0 Å². The molecule has 0 unspecified atom stereocenters. The Kier molecular flexibility index (Phi) is 6.42. The molecule has 3 atom stereocenters. The van der Waals surface area contributed by atoms with Crippen LogP contribution in [0.25, 0.3) is 0 Å². The number of benzene rings is 2. The molecule has 0 heterocycles. The summed E-state index contributed by atoms with van der Waals surface area (Å²) in [5, 5.41) is 0. The molecule has 2 N–H and O–H groups in total. The highest BCUT2D eigenvalue weighted by atomic mass is 16.6. The topological polar surface area (TPSA) is 70.8 Å². The minimum atomic E-state index is -0.695. The summed E-state index contributed by atoms with van der Waals surface area (Å²) in [4.78, 5) is 11.9. The maximum absolute atomic E-state index is 11.9. The van der Waals surface area contributed by atoms with Crippen molar-refractivity contribution in [2.75, 3.05) is 7.11 Å². The lowest BCUT2D eigenvalue weighted by Gasteiger charge is -2.27. The summed E-state index contributed by atoms with van der Waals surface area (Å²) in [6.07, 6.45) is -1.07. The lowest BCUT2D eigenvalue weighted by atomic mass is 10.0. The zero-order valence-electron chi connectivity index (χ0n) is 15.1. The van der Waals surface area contributed by atoms with Gasteiger partial charge in [-0.25, -0.2) is 0 Å². The van der Waals surface area contributed by atoms with Crippen LogP contribution >= 0.6 is 0 Å². The van der Waals surface area contributed by atoms with Crippen LogP contribution < -0.4 is 15.2 Å². The molecule has 0 aliphatic carbocycles. The number of ether oxygens (including phenoxy) is 3. The molecule has 0 radical (unpaired) electrons. The van der Waals surface area contributed by atoms with Gasteiger partial charge in [-0.1, -0.05) is 30.3 Å². The molecule has 0 aliphatic rings. The quantitative estimate of drug-likeness (QED) is 0.780. The predicted molar refractivity (Wildman–Crippen MR) is 96.7 cm³/mol. The number of esters is 1. The summed E-state index contributed by atoms with van der Waals surface area (Å²) in [5.74, 6) is 0.892. The molecular formula is C20H25NO4. The maximum atomic E-state index is 11.9. The number of methoxy groups -OCH3 is 1. The fourth-order valence-electron chi connectivity index (χ4n) is 2.46. The van der Waals surface area contributed by atoms with Crippen LogP contribution in [0.3, 0.4) is 0 Å². The fourth-order valence-corrected chi connectivity index (χ4v) is 2.46. The van der Waals surface area contributed by atoms with E-state index >= 15 is 0 Å². The van der Waals surface area contributed by atoms with Gasteiger partial charge >= 0.3 is 5.97 Å². The van der Waals surface area contributed by atoms with Crippen LogP contribution in [0.15, 0.2) is 48.5 Å². The van der Waals surface area contributed by atoms with E-state index in [0.717, 1.165) is 11.1 Å². The summed E-state index contributed by atoms with van der Waals surface area (Å²) < 4.78 is 17.1. The average Bonchev–Trinajstić information content (AvgIpc) is 2.60. The van der Waals surface area contributed by atoms with E-state index in [2.05, 4.69) is 0 Å². The van der Waals surface area contributed by atoms with E-state index in [1.807, 2.05) is 55.5 Å². The molecule has 0 bridgehead atoms. The Morgan fingerprint density at radius 3 is 2.36 bits per heavy atom.